The number of likely N-dealkylation sites (N-methyl/N-ethyl adjacent to an activating group) is 1. The molecule has 2 saturated heterocycles. The first-order chi connectivity index (χ1) is 14.6. The van der Waals surface area contributed by atoms with Crippen LogP contribution in [0.4, 0.5) is 0 Å². The molecule has 0 bridgehead atoms. The van der Waals surface area contributed by atoms with Gasteiger partial charge in [-0.25, -0.2) is 0 Å². The van der Waals surface area contributed by atoms with E-state index >= 15 is 0 Å². The number of nitrogens with two attached hydrogens (primary N) is 4. The highest BCUT2D eigenvalue weighted by molar-refractivity contribution is 5.01. The summed E-state index contributed by atoms with van der Waals surface area (Å²) < 4.78 is 23.3. The lowest BCUT2D eigenvalue weighted by molar-refractivity contribution is -0.306. The van der Waals surface area contributed by atoms with Crippen molar-refractivity contribution in [3.05, 3.63) is 0 Å². The lowest BCUT2D eigenvalue weighted by Crippen LogP contribution is -2.68. The highest BCUT2D eigenvalue weighted by Crippen LogP contribution is 2.31. The third kappa shape index (κ3) is 5.37. The number of aliphatic hydroxyl groups excluding tert-OH is 2. The van der Waals surface area contributed by atoms with Crippen LogP contribution < -0.4 is 28.3 Å². The van der Waals surface area contributed by atoms with E-state index in [-0.39, 0.29) is 18.8 Å². The number of nitrogens with one attached hydrogen (secondary N) is 1. The van der Waals surface area contributed by atoms with Gasteiger partial charge in [0.1, 0.15) is 30.0 Å². The van der Waals surface area contributed by atoms with Crippen LogP contribution in [0.25, 0.3) is 0 Å². The minimum atomic E-state index is -1.29. The van der Waals surface area contributed by atoms with E-state index in [0.717, 1.165) is 6.42 Å². The first-order valence-electron chi connectivity index (χ1n) is 10.9. The van der Waals surface area contributed by atoms with E-state index in [1.807, 2.05) is 0 Å². The molecule has 1 saturated carbocycles. The maximum absolute atomic E-state index is 11.0. The molecular formula is C19H39N5O7. The fourth-order valence-electron chi connectivity index (χ4n) is 4.69. The Kier molecular flexibility index (Phi) is 8.27. The molecule has 3 fully saturated rings. The van der Waals surface area contributed by atoms with Crippen LogP contribution in [-0.4, -0.2) is 108 Å². The number of hydrogen-bond acceptors (Lipinski definition) is 12. The van der Waals surface area contributed by atoms with Crippen LogP contribution in [0.3, 0.4) is 0 Å². The average molecular weight is 450 g/mol. The Hall–Kier alpha value is -0.480. The van der Waals surface area contributed by atoms with Gasteiger partial charge in [-0.1, -0.05) is 0 Å². The number of ether oxygens (including phenoxy) is 4. The summed E-state index contributed by atoms with van der Waals surface area (Å²) >= 11 is 0. The normalized spacial score (nSPS) is 51.6. The molecule has 182 valence electrons. The molecule has 12 atom stereocenters. The molecule has 2 heterocycles. The molecule has 3 rings (SSSR count). The summed E-state index contributed by atoms with van der Waals surface area (Å²) in [4.78, 5) is 0. The van der Waals surface area contributed by atoms with Crippen LogP contribution in [0, 0.1) is 0 Å². The Labute approximate surface area is 182 Å². The van der Waals surface area contributed by atoms with Crippen LogP contribution in [0.15, 0.2) is 0 Å². The monoisotopic (exact) mass is 449 g/mol. The molecule has 12 nitrogen and oxygen atoms in total. The molecule has 31 heavy (non-hydrogen) atoms. The summed E-state index contributed by atoms with van der Waals surface area (Å²) in [6.07, 6.45) is -4.48. The molecule has 0 amide bonds. The van der Waals surface area contributed by atoms with Gasteiger partial charge in [0, 0.05) is 18.6 Å². The predicted molar refractivity (Wildman–Crippen MR) is 110 cm³/mol. The standard InChI is InChI=1S/C19H39N5O7/c1-19(27)7-28-18(13(26)16(19)24-2)31-15-11(23)5-10(22)14(12(15)25)30-17-9(21)4-3-8(6-20)29-17/h8-18,24-27H,3-7,20-23H2,1-2H3/t8-,9+,10-,11+,12+,13-,14+,15-,16+,17+,18+,19-/m0/s1. The highest BCUT2D eigenvalue weighted by Gasteiger charge is 2.50. The van der Waals surface area contributed by atoms with E-state index in [0.29, 0.717) is 19.4 Å². The molecule has 0 unspecified atom stereocenters. The van der Waals surface area contributed by atoms with Gasteiger partial charge < -0.3 is 62.5 Å². The van der Waals surface area contributed by atoms with Gasteiger partial charge in [-0.3, -0.25) is 0 Å². The lowest BCUT2D eigenvalue weighted by Gasteiger charge is -2.48. The van der Waals surface area contributed by atoms with Crippen LogP contribution >= 0.6 is 0 Å². The topological polar surface area (TPSA) is 214 Å². The fraction of sp³-hybridized carbons (Fsp3) is 1.00. The van der Waals surface area contributed by atoms with Crippen molar-refractivity contribution in [3.63, 3.8) is 0 Å². The largest absolute Gasteiger partial charge is 0.388 e. The predicted octanol–water partition coefficient (Wildman–Crippen LogP) is -3.98. The van der Waals surface area contributed by atoms with E-state index in [1.165, 1.54) is 0 Å². The van der Waals surface area contributed by atoms with Gasteiger partial charge in [0.25, 0.3) is 0 Å². The van der Waals surface area contributed by atoms with Gasteiger partial charge in [-0.2, -0.15) is 0 Å². The van der Waals surface area contributed by atoms with Crippen LogP contribution in [0.2, 0.25) is 0 Å². The number of hydrogen-bond donors (Lipinski definition) is 8. The molecular weight excluding hydrogens is 410 g/mol. The van der Waals surface area contributed by atoms with Crippen molar-refractivity contribution in [2.45, 2.75) is 99.1 Å². The Bertz CT molecular complexity index is 588. The summed E-state index contributed by atoms with van der Waals surface area (Å²) in [5, 5.41) is 34.9. The van der Waals surface area contributed by atoms with E-state index in [9.17, 15) is 15.3 Å². The SMILES string of the molecule is CN[C@@H]1[C@H](O)[C@@H](O[C@@H]2[C@H](O)[C@H](O[C@H]3O[C@H](CN)CC[C@H]3N)[C@@H](N)C[C@H]2N)OC[C@]1(C)O. The number of aliphatic hydroxyl groups is 3. The molecule has 1 aliphatic carbocycles. The third-order valence-electron chi connectivity index (χ3n) is 6.55. The van der Waals surface area contributed by atoms with Gasteiger partial charge in [0.15, 0.2) is 12.6 Å². The Morgan fingerprint density at radius 1 is 1.00 bits per heavy atom. The molecule has 2 aliphatic heterocycles. The van der Waals surface area contributed by atoms with E-state index in [1.54, 1.807) is 14.0 Å². The summed E-state index contributed by atoms with van der Waals surface area (Å²) in [6, 6.07) is -2.26. The van der Waals surface area contributed by atoms with Crippen molar-refractivity contribution in [3.8, 4) is 0 Å². The first-order valence-corrected chi connectivity index (χ1v) is 10.9. The lowest BCUT2D eigenvalue weighted by atomic mass is 9.84. The van der Waals surface area contributed by atoms with E-state index in [2.05, 4.69) is 5.32 Å². The van der Waals surface area contributed by atoms with Crippen molar-refractivity contribution < 1.29 is 34.3 Å². The van der Waals surface area contributed by atoms with Gasteiger partial charge in [0.05, 0.1) is 24.8 Å². The minimum Gasteiger partial charge on any atom is -0.388 e. The summed E-state index contributed by atoms with van der Waals surface area (Å²) in [6.45, 7) is 1.83. The average Bonchev–Trinajstić information content (AvgIpc) is 2.71. The molecule has 0 radical (unpaired) electrons. The molecule has 0 aromatic rings. The Morgan fingerprint density at radius 3 is 2.19 bits per heavy atom. The molecule has 12 heteroatoms. The molecule has 0 spiro atoms. The molecule has 0 aromatic heterocycles. The van der Waals surface area contributed by atoms with Crippen LogP contribution in [0.5, 0.6) is 0 Å². The Balaban J connectivity index is 1.68. The highest BCUT2D eigenvalue weighted by atomic mass is 16.7. The van der Waals surface area contributed by atoms with Crippen LogP contribution in [-0.2, 0) is 18.9 Å². The zero-order chi connectivity index (χ0) is 22.9. The second-order valence-electron chi connectivity index (χ2n) is 9.15. The van der Waals surface area contributed by atoms with Crippen molar-refractivity contribution in [2.75, 3.05) is 20.2 Å². The second kappa shape index (κ2) is 10.2. The van der Waals surface area contributed by atoms with Crippen molar-refractivity contribution in [2.24, 2.45) is 22.9 Å². The van der Waals surface area contributed by atoms with Crippen molar-refractivity contribution in [1.82, 2.24) is 5.32 Å². The van der Waals surface area contributed by atoms with Crippen molar-refractivity contribution in [1.29, 1.82) is 0 Å². The zero-order valence-corrected chi connectivity index (χ0v) is 18.2. The first kappa shape index (κ1) is 25.1. The smallest absolute Gasteiger partial charge is 0.185 e. The summed E-state index contributed by atoms with van der Waals surface area (Å²) in [5.41, 5.74) is 23.0. The van der Waals surface area contributed by atoms with Crippen LogP contribution in [0.1, 0.15) is 26.2 Å². The maximum Gasteiger partial charge on any atom is 0.185 e. The fourth-order valence-corrected chi connectivity index (χ4v) is 4.69. The third-order valence-corrected chi connectivity index (χ3v) is 6.55. The zero-order valence-electron chi connectivity index (χ0n) is 18.2. The molecule has 3 aliphatic rings. The van der Waals surface area contributed by atoms with Gasteiger partial charge in [-0.05, 0) is 33.2 Å². The van der Waals surface area contributed by atoms with Gasteiger partial charge in [0.2, 0.25) is 0 Å². The quantitative estimate of drug-likeness (QED) is 0.195. The summed E-state index contributed by atoms with van der Waals surface area (Å²) in [5.74, 6) is 0. The summed E-state index contributed by atoms with van der Waals surface area (Å²) in [7, 11) is 1.62. The van der Waals surface area contributed by atoms with Gasteiger partial charge in [-0.15, -0.1) is 0 Å². The van der Waals surface area contributed by atoms with E-state index < -0.39 is 60.7 Å². The van der Waals surface area contributed by atoms with Crippen molar-refractivity contribution >= 4 is 0 Å². The number of rotatable bonds is 6. The molecule has 0 aromatic carbocycles. The molecule has 12 N–H and O–H groups in total. The second-order valence-corrected chi connectivity index (χ2v) is 9.15. The minimum absolute atomic E-state index is 0.0665. The maximum atomic E-state index is 11.0. The van der Waals surface area contributed by atoms with E-state index in [4.69, 9.17) is 41.9 Å². The van der Waals surface area contributed by atoms with Gasteiger partial charge >= 0.3 is 0 Å². The Morgan fingerprint density at radius 2 is 1.61 bits per heavy atom.